The fourth-order valence-electron chi connectivity index (χ4n) is 7.90. The van der Waals surface area contributed by atoms with E-state index in [4.69, 9.17) is 52.1 Å². The molecule has 3 aliphatic heterocycles. The van der Waals surface area contributed by atoms with Crippen LogP contribution in [0.15, 0.2) is 121 Å². The predicted molar refractivity (Wildman–Crippen MR) is 245 cm³/mol. The van der Waals surface area contributed by atoms with Crippen molar-refractivity contribution in [3.05, 3.63) is 144 Å². The molecule has 4 aromatic rings. The quantitative estimate of drug-likeness (QED) is 0.0561. The normalized spacial score (nSPS) is 26.0. The Morgan fingerprint density at radius 3 is 1.61 bits per heavy atom. The molecule has 0 spiro atoms. The van der Waals surface area contributed by atoms with Crippen LogP contribution in [-0.4, -0.2) is 124 Å². The lowest BCUT2D eigenvalue weighted by atomic mass is 9.94. The Bertz CT molecular complexity index is 2280. The third-order valence-corrected chi connectivity index (χ3v) is 11.5. The van der Waals surface area contributed by atoms with E-state index in [1.54, 1.807) is 98.8 Å². The van der Waals surface area contributed by atoms with Crippen LogP contribution >= 0.6 is 0 Å². The number of fused-ring (bicyclic) bond motifs is 1. The lowest BCUT2D eigenvalue weighted by Gasteiger charge is -2.52. The van der Waals surface area contributed by atoms with Crippen molar-refractivity contribution in [3.8, 4) is 0 Å². The van der Waals surface area contributed by atoms with Crippen molar-refractivity contribution >= 4 is 30.0 Å². The number of benzene rings is 4. The van der Waals surface area contributed by atoms with Gasteiger partial charge in [0.05, 0.1) is 35.5 Å². The second-order valence-corrected chi connectivity index (χ2v) is 17.0. The summed E-state index contributed by atoms with van der Waals surface area (Å²) in [7, 11) is 0. The molecule has 3 saturated heterocycles. The van der Waals surface area contributed by atoms with E-state index in [-0.39, 0.29) is 42.1 Å². The van der Waals surface area contributed by atoms with Crippen LogP contribution < -0.4 is 5.32 Å². The minimum atomic E-state index is -1.76. The maximum absolute atomic E-state index is 14.3. The van der Waals surface area contributed by atoms with Crippen molar-refractivity contribution < 1.29 is 76.1 Å². The van der Waals surface area contributed by atoms with Gasteiger partial charge in [0.15, 0.2) is 36.7 Å². The lowest BCUT2D eigenvalue weighted by molar-refractivity contribution is -0.392. The van der Waals surface area contributed by atoms with Crippen LogP contribution in [0.1, 0.15) is 94.8 Å². The van der Waals surface area contributed by atoms with Gasteiger partial charge in [0.25, 0.3) is 0 Å². The summed E-state index contributed by atoms with van der Waals surface area (Å²) >= 11 is 0. The molecule has 0 bridgehead atoms. The molecular formula is C52H59NO16. The number of alkyl carbamates (subject to hydrolysis) is 1. The van der Waals surface area contributed by atoms with Gasteiger partial charge in [-0.1, -0.05) is 99.5 Å². The van der Waals surface area contributed by atoms with E-state index >= 15 is 0 Å². The first-order valence-corrected chi connectivity index (χ1v) is 23.3. The van der Waals surface area contributed by atoms with Crippen LogP contribution in [0.3, 0.4) is 0 Å². The van der Waals surface area contributed by atoms with E-state index < -0.39 is 104 Å². The van der Waals surface area contributed by atoms with Gasteiger partial charge in [-0.15, -0.1) is 0 Å². The number of ether oxygens (including phenoxy) is 11. The zero-order valence-electron chi connectivity index (χ0n) is 39.0. The molecule has 4 unspecified atom stereocenters. The van der Waals surface area contributed by atoms with Crippen molar-refractivity contribution in [1.29, 1.82) is 0 Å². The second-order valence-electron chi connectivity index (χ2n) is 17.0. The van der Waals surface area contributed by atoms with E-state index in [1.165, 1.54) is 36.4 Å². The Kier molecular flexibility index (Phi) is 17.9. The number of unbranched alkanes of at least 4 members (excludes halogenated alkanes) is 2. The fraction of sp³-hybridized carbons (Fsp3) is 0.442. The molecule has 17 nitrogen and oxygen atoms in total. The first-order chi connectivity index (χ1) is 33.4. The maximum Gasteiger partial charge on any atom is 0.407 e. The van der Waals surface area contributed by atoms with Gasteiger partial charge >= 0.3 is 30.0 Å². The predicted octanol–water partition coefficient (Wildman–Crippen LogP) is 7.22. The van der Waals surface area contributed by atoms with Gasteiger partial charge in [-0.25, -0.2) is 24.0 Å². The molecule has 0 aliphatic carbocycles. The number of amides is 1. The van der Waals surface area contributed by atoms with Gasteiger partial charge in [0.2, 0.25) is 0 Å². The molecule has 4 aromatic carbocycles. The van der Waals surface area contributed by atoms with Gasteiger partial charge in [-0.2, -0.15) is 0 Å². The number of rotatable bonds is 19. The molecule has 69 heavy (non-hydrogen) atoms. The molecule has 1 amide bonds. The molecular weight excluding hydrogens is 895 g/mol. The summed E-state index contributed by atoms with van der Waals surface area (Å²) in [4.78, 5) is 69.9. The number of nitrogens with one attached hydrogen (secondary N) is 1. The van der Waals surface area contributed by atoms with Crippen LogP contribution in [-0.2, 0) is 52.1 Å². The summed E-state index contributed by atoms with van der Waals surface area (Å²) in [6.45, 7) is 7.14. The number of hydrogen-bond acceptors (Lipinski definition) is 16. The van der Waals surface area contributed by atoms with Gasteiger partial charge in [-0.05, 0) is 75.2 Å². The Morgan fingerprint density at radius 2 is 1.07 bits per heavy atom. The average molecular weight is 954 g/mol. The summed E-state index contributed by atoms with van der Waals surface area (Å²) in [5, 5.41) is 2.88. The topological polar surface area (TPSA) is 199 Å². The largest absolute Gasteiger partial charge is 0.459 e. The molecule has 3 fully saturated rings. The molecule has 0 radical (unpaired) electrons. The number of carbonyl (C=O) groups excluding carboxylic acids is 5. The highest BCUT2D eigenvalue weighted by Gasteiger charge is 2.58. The smallest absolute Gasteiger partial charge is 0.407 e. The van der Waals surface area contributed by atoms with Gasteiger partial charge in [0.1, 0.15) is 37.1 Å². The molecule has 1 N–H and O–H groups in total. The maximum atomic E-state index is 14.3. The van der Waals surface area contributed by atoms with E-state index in [0.717, 1.165) is 12.8 Å². The lowest BCUT2D eigenvalue weighted by Crippen LogP contribution is -2.71. The average Bonchev–Trinajstić information content (AvgIpc) is 3.36. The summed E-state index contributed by atoms with van der Waals surface area (Å²) in [5.74, 6) is -4.58. The van der Waals surface area contributed by atoms with Crippen molar-refractivity contribution in [2.75, 3.05) is 26.4 Å². The van der Waals surface area contributed by atoms with Crippen LogP contribution in [0.2, 0.25) is 0 Å². The zero-order valence-corrected chi connectivity index (χ0v) is 39.0. The molecule has 0 aromatic heterocycles. The molecule has 10 atom stereocenters. The Balaban J connectivity index is 1.35. The third-order valence-electron chi connectivity index (χ3n) is 11.5. The SMILES string of the molecule is CCCCOC(=O)NC1[C@@H](OCCCC)OC2COC(C)(C)O[C@H]2[C@@H]1O[C@@H]1OC(COC(=O)c2ccccc2)[C@H](OC(=O)c2ccccc2)C(OC(=O)c2ccccc2)[C@@H]1OC(=O)c1ccccc1. The first-order valence-electron chi connectivity index (χ1n) is 23.3. The second kappa shape index (κ2) is 24.4. The molecule has 3 heterocycles. The summed E-state index contributed by atoms with van der Waals surface area (Å²) in [6.07, 6.45) is -10.6. The van der Waals surface area contributed by atoms with Crippen LogP contribution in [0.5, 0.6) is 0 Å². The number of carbonyl (C=O) groups is 5. The molecule has 3 aliphatic rings. The van der Waals surface area contributed by atoms with Crippen LogP contribution in [0.4, 0.5) is 4.79 Å². The standard InChI is InChI=1S/C52H59NO16/c1-5-7-29-59-49-39(53-51(58)60-30-8-6-2)42(41-38(63-49)32-62-52(3,4)69-41)68-50-44(67-48(57)36-27-19-12-20-28-36)43(66-47(56)35-25-17-11-18-26-35)40(65-46(55)34-23-15-10-16-24-34)37(64-50)31-61-45(54)33-21-13-9-14-22-33/h9-28,37-44,49-50H,5-8,29-32H2,1-4H3,(H,53,58)/t37?,38?,39?,40-,41+,42+,43?,44-,49-,50-/m0/s1. The van der Waals surface area contributed by atoms with Crippen LogP contribution in [0.25, 0.3) is 0 Å². The monoisotopic (exact) mass is 953 g/mol. The van der Waals surface area contributed by atoms with Gasteiger partial charge in [0, 0.05) is 6.61 Å². The highest BCUT2D eigenvalue weighted by molar-refractivity contribution is 5.91. The van der Waals surface area contributed by atoms with Gasteiger partial charge in [-0.3, -0.25) is 0 Å². The third kappa shape index (κ3) is 13.5. The molecule has 0 saturated carbocycles. The highest BCUT2D eigenvalue weighted by atomic mass is 16.8. The minimum absolute atomic E-state index is 0.0175. The fourth-order valence-corrected chi connectivity index (χ4v) is 7.90. The molecule has 17 heteroatoms. The number of hydrogen-bond donors (Lipinski definition) is 1. The first kappa shape index (κ1) is 50.7. The van der Waals surface area contributed by atoms with Crippen molar-refractivity contribution in [2.24, 2.45) is 0 Å². The Morgan fingerprint density at radius 1 is 0.580 bits per heavy atom. The Labute approximate surface area is 400 Å². The Hall–Kier alpha value is -6.21. The summed E-state index contributed by atoms with van der Waals surface area (Å²) in [5.41, 5.74) is 0.559. The van der Waals surface area contributed by atoms with Crippen molar-refractivity contribution in [1.82, 2.24) is 5.32 Å². The van der Waals surface area contributed by atoms with Gasteiger partial charge < -0.3 is 57.4 Å². The van der Waals surface area contributed by atoms with E-state index in [2.05, 4.69) is 5.32 Å². The minimum Gasteiger partial charge on any atom is -0.459 e. The van der Waals surface area contributed by atoms with E-state index in [1.807, 2.05) is 13.8 Å². The molecule has 368 valence electrons. The van der Waals surface area contributed by atoms with Crippen molar-refractivity contribution in [2.45, 2.75) is 121 Å². The number of esters is 4. The van der Waals surface area contributed by atoms with Crippen molar-refractivity contribution in [3.63, 3.8) is 0 Å². The van der Waals surface area contributed by atoms with Crippen LogP contribution in [0, 0.1) is 0 Å². The van der Waals surface area contributed by atoms with E-state index in [9.17, 15) is 24.0 Å². The molecule has 7 rings (SSSR count). The highest BCUT2D eigenvalue weighted by Crippen LogP contribution is 2.38. The summed E-state index contributed by atoms with van der Waals surface area (Å²) < 4.78 is 69.3. The van der Waals surface area contributed by atoms with E-state index in [0.29, 0.717) is 12.8 Å². The summed E-state index contributed by atoms with van der Waals surface area (Å²) in [6, 6.07) is 31.1. The zero-order chi connectivity index (χ0) is 48.8.